The topological polar surface area (TPSA) is 64.6 Å². The lowest BCUT2D eigenvalue weighted by Crippen LogP contribution is -2.33. The van der Waals surface area contributed by atoms with Gasteiger partial charge in [-0.3, -0.25) is 9.59 Å². The Hall–Kier alpha value is -1.62. The first-order valence-electron chi connectivity index (χ1n) is 19.6. The molecule has 0 aromatic carbocycles. The maximum absolute atomic E-state index is 12.4. The second-order valence-corrected chi connectivity index (χ2v) is 13.4. The lowest BCUT2D eigenvalue weighted by Gasteiger charge is -2.19. The van der Waals surface area contributed by atoms with Crippen molar-refractivity contribution in [3.05, 3.63) is 24.3 Å². The molecular formula is C40H73NO4. The number of carbonyl (C=O) groups is 2. The smallest absolute Gasteiger partial charge is 0.306 e. The first-order chi connectivity index (χ1) is 22.2. The summed E-state index contributed by atoms with van der Waals surface area (Å²) in [6, 6.07) is 0. The van der Waals surface area contributed by atoms with Gasteiger partial charge in [-0.15, -0.1) is 0 Å². The molecule has 0 unspecified atom stereocenters. The van der Waals surface area contributed by atoms with Crippen LogP contribution in [0.2, 0.25) is 0 Å². The van der Waals surface area contributed by atoms with Crippen LogP contribution in [0, 0.1) is 0 Å². The molecule has 1 heterocycles. The summed E-state index contributed by atoms with van der Waals surface area (Å²) >= 11 is 0. The van der Waals surface area contributed by atoms with Gasteiger partial charge in [-0.05, 0) is 64.2 Å². The molecule has 5 heteroatoms. The number of carbonyl (C=O) groups excluding carboxylic acids is 2. The highest BCUT2D eigenvalue weighted by atomic mass is 16.6. The Bertz CT molecular complexity index is 674. The second-order valence-electron chi connectivity index (χ2n) is 13.4. The Morgan fingerprint density at radius 1 is 0.467 bits per heavy atom. The van der Waals surface area contributed by atoms with Crippen LogP contribution in [-0.2, 0) is 19.1 Å². The van der Waals surface area contributed by atoms with E-state index in [1.54, 1.807) is 0 Å². The van der Waals surface area contributed by atoms with Crippen LogP contribution in [0.3, 0.4) is 0 Å². The SMILES string of the molecule is CCCCCCCCC=CCCCCCCCC(=O)O[C@@H]1CNC[C@H]1OC(=O)CCCCCCCC=CCCCCCCCC. The molecule has 1 N–H and O–H groups in total. The van der Waals surface area contributed by atoms with E-state index in [4.69, 9.17) is 9.47 Å². The van der Waals surface area contributed by atoms with Crippen LogP contribution >= 0.6 is 0 Å². The fraction of sp³-hybridized carbons (Fsp3) is 0.850. The summed E-state index contributed by atoms with van der Waals surface area (Å²) in [4.78, 5) is 24.8. The minimum atomic E-state index is -0.362. The van der Waals surface area contributed by atoms with Crippen LogP contribution in [0.1, 0.15) is 194 Å². The quantitative estimate of drug-likeness (QED) is 0.0454. The summed E-state index contributed by atoms with van der Waals surface area (Å²) in [5.41, 5.74) is 0. The average molecular weight is 632 g/mol. The Kier molecular flexibility index (Phi) is 29.7. The fourth-order valence-corrected chi connectivity index (χ4v) is 6.00. The fourth-order valence-electron chi connectivity index (χ4n) is 6.00. The van der Waals surface area contributed by atoms with E-state index in [-0.39, 0.29) is 24.1 Å². The van der Waals surface area contributed by atoms with Crippen LogP contribution < -0.4 is 5.32 Å². The van der Waals surface area contributed by atoms with Crippen molar-refractivity contribution in [2.45, 2.75) is 206 Å². The third kappa shape index (κ3) is 27.2. The zero-order chi connectivity index (χ0) is 32.5. The molecule has 0 spiro atoms. The highest BCUT2D eigenvalue weighted by molar-refractivity contribution is 5.70. The highest BCUT2D eigenvalue weighted by Crippen LogP contribution is 2.16. The summed E-state index contributed by atoms with van der Waals surface area (Å²) in [5, 5.41) is 3.21. The van der Waals surface area contributed by atoms with Crippen LogP contribution in [0.15, 0.2) is 24.3 Å². The van der Waals surface area contributed by atoms with E-state index >= 15 is 0 Å². The van der Waals surface area contributed by atoms with E-state index in [1.807, 2.05) is 0 Å². The van der Waals surface area contributed by atoms with Gasteiger partial charge in [-0.25, -0.2) is 0 Å². The number of ether oxygens (including phenoxy) is 2. The Labute approximate surface area is 279 Å². The molecule has 0 amide bonds. The molecule has 1 rings (SSSR count). The molecule has 2 atom stereocenters. The van der Waals surface area contributed by atoms with Crippen LogP contribution in [0.25, 0.3) is 0 Å². The summed E-state index contributed by atoms with van der Waals surface area (Å²) in [5.74, 6) is -0.334. The van der Waals surface area contributed by atoms with Gasteiger partial charge >= 0.3 is 11.9 Å². The standard InChI is InChI=1S/C40H73NO4/c1-3-5-7-9-11-13-15-17-19-21-23-25-27-29-31-33-39(42)44-37-35-41-36-38(37)45-40(43)34-32-30-28-26-24-22-20-18-16-14-12-10-8-6-4-2/h17-20,37-38,41H,3-16,21-36H2,1-2H3/t37-,38-/m1/s1. The molecule has 1 fully saturated rings. The molecule has 0 aromatic heterocycles. The number of rotatable bonds is 32. The van der Waals surface area contributed by atoms with E-state index in [1.165, 1.54) is 141 Å². The number of unbranched alkanes of at least 4 members (excludes halogenated alkanes) is 22. The zero-order valence-corrected chi connectivity index (χ0v) is 29.8. The van der Waals surface area contributed by atoms with Gasteiger partial charge in [-0.1, -0.05) is 141 Å². The molecular weight excluding hydrogens is 558 g/mol. The first-order valence-corrected chi connectivity index (χ1v) is 19.6. The van der Waals surface area contributed by atoms with E-state index in [0.717, 1.165) is 25.7 Å². The summed E-state index contributed by atoms with van der Waals surface area (Å²) in [7, 11) is 0. The van der Waals surface area contributed by atoms with E-state index in [9.17, 15) is 9.59 Å². The van der Waals surface area contributed by atoms with Gasteiger partial charge in [0, 0.05) is 25.9 Å². The van der Waals surface area contributed by atoms with Gasteiger partial charge in [0.05, 0.1) is 0 Å². The number of esters is 2. The van der Waals surface area contributed by atoms with Gasteiger partial charge < -0.3 is 14.8 Å². The Morgan fingerprint density at radius 3 is 1.09 bits per heavy atom. The molecule has 45 heavy (non-hydrogen) atoms. The van der Waals surface area contributed by atoms with Gasteiger partial charge in [0.2, 0.25) is 0 Å². The zero-order valence-electron chi connectivity index (χ0n) is 29.8. The van der Waals surface area contributed by atoms with Crippen molar-refractivity contribution in [3.63, 3.8) is 0 Å². The van der Waals surface area contributed by atoms with Gasteiger partial charge in [0.25, 0.3) is 0 Å². The molecule has 1 aliphatic rings. The number of hydrogen-bond donors (Lipinski definition) is 1. The lowest BCUT2D eigenvalue weighted by atomic mass is 10.1. The molecule has 0 aromatic rings. The molecule has 0 radical (unpaired) electrons. The monoisotopic (exact) mass is 632 g/mol. The average Bonchev–Trinajstić information content (AvgIpc) is 3.46. The maximum Gasteiger partial charge on any atom is 0.306 e. The normalized spacial score (nSPS) is 16.7. The predicted molar refractivity (Wildman–Crippen MR) is 192 cm³/mol. The van der Waals surface area contributed by atoms with E-state index in [2.05, 4.69) is 43.5 Å². The largest absolute Gasteiger partial charge is 0.457 e. The summed E-state index contributed by atoms with van der Waals surface area (Å²) in [6.07, 6.45) is 41.8. The van der Waals surface area contributed by atoms with Crippen molar-refractivity contribution >= 4 is 11.9 Å². The molecule has 5 nitrogen and oxygen atoms in total. The minimum Gasteiger partial charge on any atom is -0.457 e. The Balaban J connectivity index is 1.95. The molecule has 262 valence electrons. The minimum absolute atomic E-state index is 0.167. The third-order valence-corrected chi connectivity index (χ3v) is 8.96. The lowest BCUT2D eigenvalue weighted by molar-refractivity contribution is -0.164. The van der Waals surface area contributed by atoms with Crippen molar-refractivity contribution in [3.8, 4) is 0 Å². The molecule has 1 aliphatic heterocycles. The predicted octanol–water partition coefficient (Wildman–Crippen LogP) is 11.5. The van der Waals surface area contributed by atoms with Gasteiger partial charge in [0.15, 0.2) is 12.2 Å². The maximum atomic E-state index is 12.4. The molecule has 0 saturated carbocycles. The molecule has 0 aliphatic carbocycles. The second kappa shape index (κ2) is 32.3. The van der Waals surface area contributed by atoms with Crippen molar-refractivity contribution in [1.82, 2.24) is 5.32 Å². The Morgan fingerprint density at radius 2 is 0.756 bits per heavy atom. The van der Waals surface area contributed by atoms with E-state index < -0.39 is 0 Å². The third-order valence-electron chi connectivity index (χ3n) is 8.96. The summed E-state index contributed by atoms with van der Waals surface area (Å²) in [6.45, 7) is 5.65. The van der Waals surface area contributed by atoms with E-state index in [0.29, 0.717) is 25.9 Å². The number of allylic oxidation sites excluding steroid dienone is 4. The van der Waals surface area contributed by atoms with Gasteiger partial charge in [0.1, 0.15) is 0 Å². The van der Waals surface area contributed by atoms with Crippen LogP contribution in [0.4, 0.5) is 0 Å². The van der Waals surface area contributed by atoms with Crippen molar-refractivity contribution in [2.24, 2.45) is 0 Å². The number of nitrogens with one attached hydrogen (secondary N) is 1. The highest BCUT2D eigenvalue weighted by Gasteiger charge is 2.33. The van der Waals surface area contributed by atoms with Crippen LogP contribution in [0.5, 0.6) is 0 Å². The van der Waals surface area contributed by atoms with Gasteiger partial charge in [-0.2, -0.15) is 0 Å². The van der Waals surface area contributed by atoms with Crippen molar-refractivity contribution < 1.29 is 19.1 Å². The van der Waals surface area contributed by atoms with Crippen LogP contribution in [-0.4, -0.2) is 37.2 Å². The van der Waals surface area contributed by atoms with Crippen molar-refractivity contribution in [1.29, 1.82) is 0 Å². The van der Waals surface area contributed by atoms with Crippen molar-refractivity contribution in [2.75, 3.05) is 13.1 Å². The summed E-state index contributed by atoms with van der Waals surface area (Å²) < 4.78 is 11.4. The molecule has 0 bridgehead atoms. The first kappa shape index (κ1) is 41.4. The molecule has 1 saturated heterocycles. The number of hydrogen-bond acceptors (Lipinski definition) is 5.